The lowest BCUT2D eigenvalue weighted by Gasteiger charge is -2.17. The number of aromatic nitrogens is 1. The quantitative estimate of drug-likeness (QED) is 0.749. The Labute approximate surface area is 94.4 Å². The molecule has 4 N–H and O–H groups in total. The van der Waals surface area contributed by atoms with Gasteiger partial charge in [0.2, 0.25) is 5.91 Å². The predicted molar refractivity (Wildman–Crippen MR) is 62.9 cm³/mol. The van der Waals surface area contributed by atoms with Crippen LogP contribution in [0.5, 0.6) is 0 Å². The first-order valence-corrected chi connectivity index (χ1v) is 5.35. The fraction of sp³-hybridized carbons (Fsp3) is 0.455. The molecule has 86 valence electrons. The van der Waals surface area contributed by atoms with Crippen molar-refractivity contribution in [3.8, 4) is 0 Å². The Kier molecular flexibility index (Phi) is 2.68. The van der Waals surface area contributed by atoms with Gasteiger partial charge in [-0.05, 0) is 25.5 Å². The standard InChI is InChI=1S/C11H16N4O/c1-7-9(12)2-3-10(14-7)15-5-4-8(6-15)11(13)16/h2-3,8H,4-6,12H2,1H3,(H2,13,16). The van der Waals surface area contributed by atoms with E-state index in [1.807, 2.05) is 19.1 Å². The van der Waals surface area contributed by atoms with Crippen LogP contribution in [0.15, 0.2) is 12.1 Å². The minimum absolute atomic E-state index is 0.0559. The third kappa shape index (κ3) is 1.93. The topological polar surface area (TPSA) is 85.2 Å². The Balaban J connectivity index is 2.14. The smallest absolute Gasteiger partial charge is 0.222 e. The molecule has 2 heterocycles. The van der Waals surface area contributed by atoms with E-state index in [1.165, 1.54) is 0 Å². The first-order valence-electron chi connectivity index (χ1n) is 5.35. The van der Waals surface area contributed by atoms with Crippen molar-refractivity contribution in [1.29, 1.82) is 0 Å². The average molecular weight is 220 g/mol. The molecule has 1 unspecified atom stereocenters. The lowest BCUT2D eigenvalue weighted by atomic mass is 10.1. The van der Waals surface area contributed by atoms with E-state index in [9.17, 15) is 4.79 Å². The van der Waals surface area contributed by atoms with Gasteiger partial charge in [-0.2, -0.15) is 0 Å². The monoisotopic (exact) mass is 220 g/mol. The van der Waals surface area contributed by atoms with Crippen molar-refractivity contribution >= 4 is 17.4 Å². The Morgan fingerprint density at radius 3 is 2.88 bits per heavy atom. The zero-order chi connectivity index (χ0) is 11.7. The summed E-state index contributed by atoms with van der Waals surface area (Å²) in [6.07, 6.45) is 0.806. The molecular weight excluding hydrogens is 204 g/mol. The number of pyridine rings is 1. The molecule has 0 radical (unpaired) electrons. The molecule has 1 aromatic rings. The minimum Gasteiger partial charge on any atom is -0.397 e. The summed E-state index contributed by atoms with van der Waals surface area (Å²) in [4.78, 5) is 17.5. The first-order chi connectivity index (χ1) is 7.58. The van der Waals surface area contributed by atoms with Crippen molar-refractivity contribution in [2.45, 2.75) is 13.3 Å². The minimum atomic E-state index is -0.227. The van der Waals surface area contributed by atoms with E-state index in [2.05, 4.69) is 9.88 Å². The lowest BCUT2D eigenvalue weighted by Crippen LogP contribution is -2.27. The van der Waals surface area contributed by atoms with Gasteiger partial charge in [0.25, 0.3) is 0 Å². The number of nitrogens with zero attached hydrogens (tertiary/aromatic N) is 2. The van der Waals surface area contributed by atoms with E-state index >= 15 is 0 Å². The number of rotatable bonds is 2. The molecule has 1 amide bonds. The van der Waals surface area contributed by atoms with Crippen LogP contribution < -0.4 is 16.4 Å². The SMILES string of the molecule is Cc1nc(N2CCC(C(N)=O)C2)ccc1N. The van der Waals surface area contributed by atoms with E-state index in [-0.39, 0.29) is 11.8 Å². The number of anilines is 2. The molecule has 1 saturated heterocycles. The van der Waals surface area contributed by atoms with Crippen molar-refractivity contribution in [3.05, 3.63) is 17.8 Å². The molecule has 16 heavy (non-hydrogen) atoms. The zero-order valence-electron chi connectivity index (χ0n) is 9.31. The number of carbonyl (C=O) groups is 1. The van der Waals surface area contributed by atoms with E-state index in [1.54, 1.807) is 0 Å². The largest absolute Gasteiger partial charge is 0.397 e. The molecule has 1 aromatic heterocycles. The normalized spacial score (nSPS) is 20.1. The number of primary amides is 1. The van der Waals surface area contributed by atoms with E-state index in [0.717, 1.165) is 24.5 Å². The number of carbonyl (C=O) groups excluding carboxylic acids is 1. The highest BCUT2D eigenvalue weighted by atomic mass is 16.1. The van der Waals surface area contributed by atoms with Crippen molar-refractivity contribution < 1.29 is 4.79 Å². The van der Waals surface area contributed by atoms with Gasteiger partial charge in [-0.15, -0.1) is 0 Å². The molecular formula is C11H16N4O. The molecule has 1 aliphatic rings. The Hall–Kier alpha value is -1.78. The second-order valence-corrected chi connectivity index (χ2v) is 4.18. The molecule has 0 spiro atoms. The fourth-order valence-corrected chi connectivity index (χ4v) is 1.94. The number of hydrogen-bond donors (Lipinski definition) is 2. The molecule has 5 heteroatoms. The fourth-order valence-electron chi connectivity index (χ4n) is 1.94. The highest BCUT2D eigenvalue weighted by Crippen LogP contribution is 2.23. The maximum absolute atomic E-state index is 11.1. The molecule has 1 aliphatic heterocycles. The van der Waals surface area contributed by atoms with Crippen molar-refractivity contribution in [2.24, 2.45) is 11.7 Å². The van der Waals surface area contributed by atoms with E-state index in [0.29, 0.717) is 12.2 Å². The molecule has 0 bridgehead atoms. The highest BCUT2D eigenvalue weighted by molar-refractivity contribution is 5.78. The molecule has 1 fully saturated rings. The zero-order valence-corrected chi connectivity index (χ0v) is 9.31. The third-order valence-corrected chi connectivity index (χ3v) is 3.03. The lowest BCUT2D eigenvalue weighted by molar-refractivity contribution is -0.121. The summed E-state index contributed by atoms with van der Waals surface area (Å²) in [6, 6.07) is 3.72. The van der Waals surface area contributed by atoms with Crippen molar-refractivity contribution in [2.75, 3.05) is 23.7 Å². The highest BCUT2D eigenvalue weighted by Gasteiger charge is 2.27. The van der Waals surface area contributed by atoms with Crippen LogP contribution in [0.3, 0.4) is 0 Å². The summed E-state index contributed by atoms with van der Waals surface area (Å²) in [6.45, 7) is 3.36. The number of aryl methyl sites for hydroxylation is 1. The van der Waals surface area contributed by atoms with Crippen LogP contribution in [-0.2, 0) is 4.79 Å². The van der Waals surface area contributed by atoms with Crippen LogP contribution in [0, 0.1) is 12.8 Å². The Morgan fingerprint density at radius 1 is 1.56 bits per heavy atom. The molecule has 2 rings (SSSR count). The molecule has 0 aromatic carbocycles. The summed E-state index contributed by atoms with van der Waals surface area (Å²) in [5.74, 6) is 0.588. The van der Waals surface area contributed by atoms with Gasteiger partial charge in [0.15, 0.2) is 0 Å². The van der Waals surface area contributed by atoms with Crippen LogP contribution in [0.2, 0.25) is 0 Å². The van der Waals surface area contributed by atoms with Gasteiger partial charge in [-0.25, -0.2) is 4.98 Å². The Bertz CT molecular complexity index is 418. The van der Waals surface area contributed by atoms with Crippen LogP contribution >= 0.6 is 0 Å². The van der Waals surface area contributed by atoms with Gasteiger partial charge in [0.05, 0.1) is 17.3 Å². The van der Waals surface area contributed by atoms with Crippen LogP contribution in [0.1, 0.15) is 12.1 Å². The number of hydrogen-bond acceptors (Lipinski definition) is 4. The van der Waals surface area contributed by atoms with Gasteiger partial charge < -0.3 is 16.4 Å². The van der Waals surface area contributed by atoms with Crippen molar-refractivity contribution in [3.63, 3.8) is 0 Å². The molecule has 0 aliphatic carbocycles. The summed E-state index contributed by atoms with van der Waals surface area (Å²) in [7, 11) is 0. The van der Waals surface area contributed by atoms with Gasteiger partial charge in [0, 0.05) is 13.1 Å². The van der Waals surface area contributed by atoms with E-state index in [4.69, 9.17) is 11.5 Å². The number of amides is 1. The van der Waals surface area contributed by atoms with Crippen LogP contribution in [0.25, 0.3) is 0 Å². The van der Waals surface area contributed by atoms with Crippen LogP contribution in [-0.4, -0.2) is 24.0 Å². The maximum atomic E-state index is 11.1. The summed E-state index contributed by atoms with van der Waals surface area (Å²) >= 11 is 0. The second kappa shape index (κ2) is 4.00. The first kappa shape index (κ1) is 10.7. The summed E-state index contributed by atoms with van der Waals surface area (Å²) in [5.41, 5.74) is 12.5. The summed E-state index contributed by atoms with van der Waals surface area (Å²) < 4.78 is 0. The molecule has 5 nitrogen and oxygen atoms in total. The number of nitrogens with two attached hydrogens (primary N) is 2. The van der Waals surface area contributed by atoms with Crippen molar-refractivity contribution in [1.82, 2.24) is 4.98 Å². The third-order valence-electron chi connectivity index (χ3n) is 3.03. The van der Waals surface area contributed by atoms with Gasteiger partial charge in [-0.1, -0.05) is 0 Å². The number of nitrogen functional groups attached to an aromatic ring is 1. The van der Waals surface area contributed by atoms with Gasteiger partial charge >= 0.3 is 0 Å². The average Bonchev–Trinajstić information content (AvgIpc) is 2.71. The predicted octanol–water partition coefficient (Wildman–Crippen LogP) is 0.284. The second-order valence-electron chi connectivity index (χ2n) is 4.18. The van der Waals surface area contributed by atoms with Gasteiger partial charge in [-0.3, -0.25) is 4.79 Å². The van der Waals surface area contributed by atoms with Crippen LogP contribution in [0.4, 0.5) is 11.5 Å². The maximum Gasteiger partial charge on any atom is 0.222 e. The molecule has 1 atom stereocenters. The van der Waals surface area contributed by atoms with Gasteiger partial charge in [0.1, 0.15) is 5.82 Å². The Morgan fingerprint density at radius 2 is 2.31 bits per heavy atom. The molecule has 0 saturated carbocycles. The van der Waals surface area contributed by atoms with E-state index < -0.39 is 0 Å². The summed E-state index contributed by atoms with van der Waals surface area (Å²) in [5, 5.41) is 0.